The van der Waals surface area contributed by atoms with Gasteiger partial charge in [-0.2, -0.15) is 9.78 Å². The predicted molar refractivity (Wildman–Crippen MR) is 95.9 cm³/mol. The molecule has 1 saturated heterocycles. The van der Waals surface area contributed by atoms with Gasteiger partial charge in [0.15, 0.2) is 0 Å². The molecule has 8 heteroatoms. The summed E-state index contributed by atoms with van der Waals surface area (Å²) in [4.78, 5) is 28.9. The summed E-state index contributed by atoms with van der Waals surface area (Å²) < 4.78 is 5.90. The first-order valence-corrected chi connectivity index (χ1v) is 8.29. The van der Waals surface area contributed by atoms with E-state index in [2.05, 4.69) is 17.0 Å². The van der Waals surface area contributed by atoms with Gasteiger partial charge in [0, 0.05) is 26.2 Å². The molecule has 0 amide bonds. The summed E-state index contributed by atoms with van der Waals surface area (Å²) in [5, 5.41) is 4.33. The van der Waals surface area contributed by atoms with Gasteiger partial charge in [0.05, 0.1) is 30.2 Å². The van der Waals surface area contributed by atoms with Gasteiger partial charge < -0.3 is 14.5 Å². The maximum Gasteiger partial charge on any atom is 0.340 e. The van der Waals surface area contributed by atoms with Crippen LogP contribution in [0.4, 0.5) is 5.69 Å². The SMILES string of the molecule is COC(=O)c1ccccc1-n1ncc(N2CCN(C)CC2)c(Cl)c1=O. The quantitative estimate of drug-likeness (QED) is 0.769. The summed E-state index contributed by atoms with van der Waals surface area (Å²) in [5.41, 5.74) is 0.746. The lowest BCUT2D eigenvalue weighted by molar-refractivity contribution is 0.0600. The number of methoxy groups -OCH3 is 1. The van der Waals surface area contributed by atoms with Crippen molar-refractivity contribution < 1.29 is 9.53 Å². The standard InChI is InChI=1S/C17H19ClN4O3/c1-20-7-9-21(10-8-20)14-11-19-22(16(23)15(14)18)13-6-4-3-5-12(13)17(24)25-2/h3-6,11H,7-10H2,1-2H3. The zero-order valence-corrected chi connectivity index (χ0v) is 14.9. The van der Waals surface area contributed by atoms with Crippen molar-refractivity contribution in [1.82, 2.24) is 14.7 Å². The Balaban J connectivity index is 2.02. The zero-order valence-electron chi connectivity index (χ0n) is 14.1. The van der Waals surface area contributed by atoms with E-state index in [1.807, 2.05) is 4.90 Å². The van der Waals surface area contributed by atoms with Crippen molar-refractivity contribution in [2.75, 3.05) is 45.2 Å². The molecule has 0 saturated carbocycles. The van der Waals surface area contributed by atoms with Crippen molar-refractivity contribution in [3.63, 3.8) is 0 Å². The highest BCUT2D eigenvalue weighted by Gasteiger charge is 2.21. The molecule has 0 N–H and O–H groups in total. The van der Waals surface area contributed by atoms with Gasteiger partial charge in [0.1, 0.15) is 5.02 Å². The maximum absolute atomic E-state index is 12.7. The number of carbonyl (C=O) groups is 1. The van der Waals surface area contributed by atoms with E-state index < -0.39 is 11.5 Å². The number of hydrogen-bond acceptors (Lipinski definition) is 6. The Morgan fingerprint density at radius 1 is 1.16 bits per heavy atom. The third-order valence-electron chi connectivity index (χ3n) is 4.28. The average Bonchev–Trinajstić information content (AvgIpc) is 2.64. The molecule has 7 nitrogen and oxygen atoms in total. The van der Waals surface area contributed by atoms with E-state index >= 15 is 0 Å². The van der Waals surface area contributed by atoms with Gasteiger partial charge in [-0.1, -0.05) is 23.7 Å². The topological polar surface area (TPSA) is 67.7 Å². The number of ether oxygens (including phenoxy) is 1. The minimum Gasteiger partial charge on any atom is -0.465 e. The van der Waals surface area contributed by atoms with Crippen molar-refractivity contribution >= 4 is 23.3 Å². The van der Waals surface area contributed by atoms with Gasteiger partial charge in [-0.3, -0.25) is 4.79 Å². The lowest BCUT2D eigenvalue weighted by atomic mass is 10.2. The molecule has 3 rings (SSSR count). The molecule has 1 aliphatic heterocycles. The average molecular weight is 363 g/mol. The number of esters is 1. The fraction of sp³-hybridized carbons (Fsp3) is 0.353. The number of hydrogen-bond donors (Lipinski definition) is 0. The second-order valence-electron chi connectivity index (χ2n) is 5.86. The molecule has 0 aliphatic carbocycles. The summed E-state index contributed by atoms with van der Waals surface area (Å²) in [7, 11) is 3.34. The first-order valence-electron chi connectivity index (χ1n) is 7.92. The van der Waals surface area contributed by atoms with Crippen LogP contribution in [0.2, 0.25) is 5.02 Å². The number of benzene rings is 1. The summed E-state index contributed by atoms with van der Waals surface area (Å²) in [6, 6.07) is 6.63. The van der Waals surface area contributed by atoms with Crippen LogP contribution in [0.15, 0.2) is 35.3 Å². The van der Waals surface area contributed by atoms with E-state index in [4.69, 9.17) is 16.3 Å². The van der Waals surface area contributed by atoms with E-state index in [-0.39, 0.29) is 10.6 Å². The number of rotatable bonds is 3. The Morgan fingerprint density at radius 2 is 1.84 bits per heavy atom. The van der Waals surface area contributed by atoms with Crippen LogP contribution < -0.4 is 10.5 Å². The smallest absolute Gasteiger partial charge is 0.340 e. The number of likely N-dealkylation sites (N-methyl/N-ethyl adjacent to an activating group) is 1. The highest BCUT2D eigenvalue weighted by Crippen LogP contribution is 2.23. The van der Waals surface area contributed by atoms with Crippen LogP contribution in [0.3, 0.4) is 0 Å². The van der Waals surface area contributed by atoms with Crippen LogP contribution in [0, 0.1) is 0 Å². The summed E-state index contributed by atoms with van der Waals surface area (Å²) in [5.74, 6) is -0.538. The third kappa shape index (κ3) is 3.38. The molecule has 25 heavy (non-hydrogen) atoms. The van der Waals surface area contributed by atoms with Gasteiger partial charge in [-0.15, -0.1) is 0 Å². The number of carbonyl (C=O) groups excluding carboxylic acids is 1. The Hall–Kier alpha value is -2.38. The lowest BCUT2D eigenvalue weighted by Crippen LogP contribution is -2.45. The molecule has 1 fully saturated rings. The minimum atomic E-state index is -0.538. The first-order chi connectivity index (χ1) is 12.0. The maximum atomic E-state index is 12.7. The normalized spacial score (nSPS) is 15.2. The molecule has 0 unspecified atom stereocenters. The third-order valence-corrected chi connectivity index (χ3v) is 4.64. The summed E-state index contributed by atoms with van der Waals surface area (Å²) in [6.45, 7) is 3.34. The van der Waals surface area contributed by atoms with Crippen LogP contribution in [-0.4, -0.2) is 61.0 Å². The van der Waals surface area contributed by atoms with E-state index in [1.54, 1.807) is 30.5 Å². The van der Waals surface area contributed by atoms with Crippen molar-refractivity contribution in [3.05, 3.63) is 51.4 Å². The lowest BCUT2D eigenvalue weighted by Gasteiger charge is -2.34. The van der Waals surface area contributed by atoms with Gasteiger partial charge in [0.2, 0.25) is 0 Å². The number of nitrogens with zero attached hydrogens (tertiary/aromatic N) is 4. The number of anilines is 1. The van der Waals surface area contributed by atoms with Crippen LogP contribution in [-0.2, 0) is 4.74 Å². The van der Waals surface area contributed by atoms with E-state index in [0.29, 0.717) is 11.4 Å². The fourth-order valence-corrected chi connectivity index (χ4v) is 3.05. The van der Waals surface area contributed by atoms with Crippen molar-refractivity contribution in [2.24, 2.45) is 0 Å². The van der Waals surface area contributed by atoms with Gasteiger partial charge in [0.25, 0.3) is 5.56 Å². The number of para-hydroxylation sites is 1. The molecular formula is C17H19ClN4O3. The van der Waals surface area contributed by atoms with Crippen molar-refractivity contribution in [2.45, 2.75) is 0 Å². The second-order valence-corrected chi connectivity index (χ2v) is 6.24. The van der Waals surface area contributed by atoms with Crippen molar-refractivity contribution in [3.8, 4) is 5.69 Å². The summed E-state index contributed by atoms with van der Waals surface area (Å²) in [6.07, 6.45) is 1.57. The minimum absolute atomic E-state index is 0.0965. The Bertz CT molecular complexity index is 844. The number of halogens is 1. The van der Waals surface area contributed by atoms with E-state index in [0.717, 1.165) is 30.9 Å². The van der Waals surface area contributed by atoms with Crippen LogP contribution in [0.25, 0.3) is 5.69 Å². The van der Waals surface area contributed by atoms with Crippen LogP contribution in [0.1, 0.15) is 10.4 Å². The highest BCUT2D eigenvalue weighted by atomic mass is 35.5. The Kier molecular flexibility index (Phi) is 5.06. The molecule has 0 bridgehead atoms. The van der Waals surface area contributed by atoms with Gasteiger partial charge in [-0.25, -0.2) is 4.79 Å². The zero-order chi connectivity index (χ0) is 18.0. The molecule has 132 valence electrons. The molecular weight excluding hydrogens is 344 g/mol. The molecule has 1 aromatic heterocycles. The summed E-state index contributed by atoms with van der Waals surface area (Å²) >= 11 is 6.34. The molecule has 1 aliphatic rings. The van der Waals surface area contributed by atoms with Gasteiger partial charge >= 0.3 is 5.97 Å². The van der Waals surface area contributed by atoms with Crippen molar-refractivity contribution in [1.29, 1.82) is 0 Å². The first kappa shape index (κ1) is 17.4. The van der Waals surface area contributed by atoms with Crippen LogP contribution in [0.5, 0.6) is 0 Å². The molecule has 0 spiro atoms. The monoisotopic (exact) mass is 362 g/mol. The van der Waals surface area contributed by atoms with Gasteiger partial charge in [-0.05, 0) is 19.2 Å². The predicted octanol–water partition coefficient (Wildman–Crippen LogP) is 1.42. The fourth-order valence-electron chi connectivity index (χ4n) is 2.80. The van der Waals surface area contributed by atoms with E-state index in [1.165, 1.54) is 7.11 Å². The Labute approximate surface area is 150 Å². The number of piperazine rings is 1. The highest BCUT2D eigenvalue weighted by molar-refractivity contribution is 6.33. The molecule has 1 aromatic carbocycles. The van der Waals surface area contributed by atoms with Crippen LogP contribution >= 0.6 is 11.6 Å². The second kappa shape index (κ2) is 7.25. The number of aromatic nitrogens is 2. The largest absolute Gasteiger partial charge is 0.465 e. The molecule has 2 heterocycles. The van der Waals surface area contributed by atoms with E-state index in [9.17, 15) is 9.59 Å². The molecule has 2 aromatic rings. The Morgan fingerprint density at radius 3 is 2.52 bits per heavy atom. The molecule has 0 radical (unpaired) electrons. The molecule has 0 atom stereocenters.